The van der Waals surface area contributed by atoms with E-state index in [1.54, 1.807) is 6.07 Å². The van der Waals surface area contributed by atoms with E-state index < -0.39 is 0 Å². The molecule has 3 rings (SSSR count). The van der Waals surface area contributed by atoms with Crippen LogP contribution < -0.4 is 5.32 Å². The van der Waals surface area contributed by atoms with Gasteiger partial charge in [-0.2, -0.15) is 0 Å². The van der Waals surface area contributed by atoms with E-state index in [0.717, 1.165) is 23.6 Å². The van der Waals surface area contributed by atoms with Crippen LogP contribution in [0.4, 0.5) is 0 Å². The third-order valence-corrected chi connectivity index (χ3v) is 4.77. The minimum absolute atomic E-state index is 0.549. The summed E-state index contributed by atoms with van der Waals surface area (Å²) in [5.74, 6) is 1.79. The number of benzene rings is 1. The van der Waals surface area contributed by atoms with E-state index in [4.69, 9.17) is 27.6 Å². The molecule has 0 radical (unpaired) electrons. The molecule has 1 N–H and O–H groups in total. The molecule has 1 aromatic carbocycles. The van der Waals surface area contributed by atoms with Crippen LogP contribution in [0.15, 0.2) is 34.7 Å². The Bertz CT molecular complexity index is 603. The zero-order chi connectivity index (χ0) is 14.7. The predicted octanol–water partition coefficient (Wildman–Crippen LogP) is 5.68. The molecule has 2 aromatic rings. The molecule has 0 saturated heterocycles. The molecule has 0 unspecified atom stereocenters. The average molecular weight is 324 g/mol. The summed E-state index contributed by atoms with van der Waals surface area (Å²) in [6.07, 6.45) is 6.61. The van der Waals surface area contributed by atoms with Crippen LogP contribution in [0.25, 0.3) is 11.3 Å². The molecular weight excluding hydrogens is 305 g/mol. The second kappa shape index (κ2) is 6.87. The Morgan fingerprint density at radius 3 is 2.57 bits per heavy atom. The molecule has 0 amide bonds. The van der Waals surface area contributed by atoms with Crippen molar-refractivity contribution in [1.82, 2.24) is 5.32 Å². The Labute approximate surface area is 135 Å². The minimum Gasteiger partial charge on any atom is -0.460 e. The van der Waals surface area contributed by atoms with Crippen molar-refractivity contribution in [2.45, 2.75) is 44.7 Å². The molecular formula is C17H19Cl2NO. The van der Waals surface area contributed by atoms with E-state index in [1.165, 1.54) is 32.1 Å². The summed E-state index contributed by atoms with van der Waals surface area (Å²) in [4.78, 5) is 0. The fourth-order valence-corrected chi connectivity index (χ4v) is 3.13. The number of hydrogen-bond acceptors (Lipinski definition) is 2. The van der Waals surface area contributed by atoms with E-state index in [2.05, 4.69) is 5.32 Å². The van der Waals surface area contributed by atoms with Crippen molar-refractivity contribution in [1.29, 1.82) is 0 Å². The summed E-state index contributed by atoms with van der Waals surface area (Å²) in [6.45, 7) is 0.784. The maximum absolute atomic E-state index is 6.05. The largest absolute Gasteiger partial charge is 0.460 e. The molecule has 1 saturated carbocycles. The van der Waals surface area contributed by atoms with Gasteiger partial charge in [0.25, 0.3) is 0 Å². The molecule has 4 heteroatoms. The first kappa shape index (κ1) is 15.0. The molecule has 1 aliphatic carbocycles. The van der Waals surface area contributed by atoms with Crippen LogP contribution in [0.2, 0.25) is 10.0 Å². The van der Waals surface area contributed by atoms with Crippen LogP contribution in [-0.4, -0.2) is 6.04 Å². The summed E-state index contributed by atoms with van der Waals surface area (Å²) < 4.78 is 5.89. The molecule has 1 fully saturated rings. The van der Waals surface area contributed by atoms with E-state index in [0.29, 0.717) is 16.1 Å². The average Bonchev–Trinajstić information content (AvgIpc) is 2.98. The van der Waals surface area contributed by atoms with Crippen molar-refractivity contribution < 1.29 is 4.42 Å². The lowest BCUT2D eigenvalue weighted by Crippen LogP contribution is -2.30. The zero-order valence-corrected chi connectivity index (χ0v) is 13.4. The van der Waals surface area contributed by atoms with Crippen molar-refractivity contribution >= 4 is 23.2 Å². The van der Waals surface area contributed by atoms with Crippen LogP contribution in [0, 0.1) is 0 Å². The first-order valence-electron chi connectivity index (χ1n) is 7.50. The summed E-state index contributed by atoms with van der Waals surface area (Å²) in [5.41, 5.74) is 0.952. The predicted molar refractivity (Wildman–Crippen MR) is 87.9 cm³/mol. The van der Waals surface area contributed by atoms with Gasteiger partial charge in [0, 0.05) is 11.6 Å². The SMILES string of the molecule is Clc1ccc(-c2ccc(CNC3CCCCC3)o2)cc1Cl. The number of halogens is 2. The van der Waals surface area contributed by atoms with Gasteiger partial charge in [0.1, 0.15) is 11.5 Å². The summed E-state index contributed by atoms with van der Waals surface area (Å²) in [6, 6.07) is 10.2. The lowest BCUT2D eigenvalue weighted by molar-refractivity contribution is 0.358. The van der Waals surface area contributed by atoms with Crippen molar-refractivity contribution in [2.75, 3.05) is 0 Å². The molecule has 1 aliphatic rings. The Morgan fingerprint density at radius 1 is 1.00 bits per heavy atom. The molecule has 2 nitrogen and oxygen atoms in total. The quantitative estimate of drug-likeness (QED) is 0.783. The minimum atomic E-state index is 0.549. The van der Waals surface area contributed by atoms with Crippen LogP contribution in [0.1, 0.15) is 37.9 Å². The van der Waals surface area contributed by atoms with Crippen molar-refractivity contribution in [3.63, 3.8) is 0 Å². The van der Waals surface area contributed by atoms with Gasteiger partial charge in [-0.1, -0.05) is 42.5 Å². The molecule has 1 aromatic heterocycles. The maximum atomic E-state index is 6.05. The normalized spacial score (nSPS) is 16.3. The Kier molecular flexibility index (Phi) is 4.89. The van der Waals surface area contributed by atoms with Gasteiger partial charge in [0.15, 0.2) is 0 Å². The standard InChI is InChI=1S/C17H19Cl2NO/c18-15-8-6-12(10-16(15)19)17-9-7-14(21-17)11-20-13-4-2-1-3-5-13/h6-10,13,20H,1-5,11H2. The van der Waals surface area contributed by atoms with Crippen LogP contribution >= 0.6 is 23.2 Å². The van der Waals surface area contributed by atoms with Gasteiger partial charge in [-0.25, -0.2) is 0 Å². The van der Waals surface area contributed by atoms with Gasteiger partial charge in [-0.05, 0) is 43.2 Å². The molecule has 0 bridgehead atoms. The topological polar surface area (TPSA) is 25.2 Å². The highest BCUT2D eigenvalue weighted by Crippen LogP contribution is 2.29. The highest BCUT2D eigenvalue weighted by molar-refractivity contribution is 6.42. The van der Waals surface area contributed by atoms with Gasteiger partial charge >= 0.3 is 0 Å². The lowest BCUT2D eigenvalue weighted by Gasteiger charge is -2.22. The summed E-state index contributed by atoms with van der Waals surface area (Å²) in [7, 11) is 0. The van der Waals surface area contributed by atoms with Crippen molar-refractivity contribution in [3.05, 3.63) is 46.1 Å². The number of furan rings is 1. The third-order valence-electron chi connectivity index (χ3n) is 4.04. The molecule has 112 valence electrons. The van der Waals surface area contributed by atoms with Gasteiger partial charge in [-0.15, -0.1) is 0 Å². The molecule has 0 aliphatic heterocycles. The molecule has 0 spiro atoms. The monoisotopic (exact) mass is 323 g/mol. The smallest absolute Gasteiger partial charge is 0.134 e. The highest BCUT2D eigenvalue weighted by atomic mass is 35.5. The number of nitrogens with one attached hydrogen (secondary N) is 1. The van der Waals surface area contributed by atoms with Crippen LogP contribution in [0.5, 0.6) is 0 Å². The Morgan fingerprint density at radius 2 is 1.81 bits per heavy atom. The van der Waals surface area contributed by atoms with Gasteiger partial charge in [-0.3, -0.25) is 0 Å². The van der Waals surface area contributed by atoms with Gasteiger partial charge in [0.2, 0.25) is 0 Å². The van der Waals surface area contributed by atoms with E-state index >= 15 is 0 Å². The number of hydrogen-bond donors (Lipinski definition) is 1. The summed E-state index contributed by atoms with van der Waals surface area (Å²) in [5, 5.41) is 4.69. The molecule has 0 atom stereocenters. The maximum Gasteiger partial charge on any atom is 0.134 e. The first-order chi connectivity index (χ1) is 10.2. The lowest BCUT2D eigenvalue weighted by atomic mass is 9.95. The fraction of sp³-hybridized carbons (Fsp3) is 0.412. The van der Waals surface area contributed by atoms with E-state index in [-0.39, 0.29) is 0 Å². The van der Waals surface area contributed by atoms with E-state index in [9.17, 15) is 0 Å². The van der Waals surface area contributed by atoms with Crippen LogP contribution in [-0.2, 0) is 6.54 Å². The second-order valence-electron chi connectivity index (χ2n) is 5.61. The molecule has 1 heterocycles. The number of rotatable bonds is 4. The van der Waals surface area contributed by atoms with Crippen molar-refractivity contribution in [3.8, 4) is 11.3 Å². The molecule has 21 heavy (non-hydrogen) atoms. The Hall–Kier alpha value is -0.960. The van der Waals surface area contributed by atoms with E-state index in [1.807, 2.05) is 24.3 Å². The van der Waals surface area contributed by atoms with Crippen LogP contribution in [0.3, 0.4) is 0 Å². The first-order valence-corrected chi connectivity index (χ1v) is 8.25. The third kappa shape index (κ3) is 3.82. The zero-order valence-electron chi connectivity index (χ0n) is 11.9. The van der Waals surface area contributed by atoms with Crippen molar-refractivity contribution in [2.24, 2.45) is 0 Å². The fourth-order valence-electron chi connectivity index (χ4n) is 2.83. The summed E-state index contributed by atoms with van der Waals surface area (Å²) >= 11 is 12.0. The van der Waals surface area contributed by atoms with Gasteiger partial charge < -0.3 is 9.73 Å². The second-order valence-corrected chi connectivity index (χ2v) is 6.43. The highest BCUT2D eigenvalue weighted by Gasteiger charge is 2.13. The Balaban J connectivity index is 1.63. The van der Waals surface area contributed by atoms with Gasteiger partial charge in [0.05, 0.1) is 16.6 Å².